The molecule has 0 spiro atoms. The number of fused-ring (bicyclic) bond motifs is 1. The topological polar surface area (TPSA) is 100 Å². The molecule has 3 rings (SSSR count). The van der Waals surface area contributed by atoms with Crippen molar-refractivity contribution < 1.29 is 19.1 Å². The second-order valence-corrected chi connectivity index (χ2v) is 5.22. The van der Waals surface area contributed by atoms with E-state index in [0.29, 0.717) is 24.4 Å². The fourth-order valence-corrected chi connectivity index (χ4v) is 2.58. The number of hydrogen-bond acceptors (Lipinski definition) is 4. The van der Waals surface area contributed by atoms with E-state index in [-0.39, 0.29) is 24.2 Å². The molecule has 2 aliphatic heterocycles. The Morgan fingerprint density at radius 2 is 2.04 bits per heavy atom. The Labute approximate surface area is 132 Å². The molecule has 0 aliphatic carbocycles. The first-order valence-corrected chi connectivity index (χ1v) is 7.20. The molecule has 2 aliphatic rings. The highest BCUT2D eigenvalue weighted by atomic mass is 16.5. The molecule has 2 saturated heterocycles. The first kappa shape index (κ1) is 15.0. The lowest BCUT2D eigenvalue weighted by Gasteiger charge is -2.39. The van der Waals surface area contributed by atoms with Gasteiger partial charge in [0, 0.05) is 18.7 Å². The van der Waals surface area contributed by atoms with Gasteiger partial charge in [-0.1, -0.05) is 0 Å². The number of methoxy groups -OCH3 is 1. The summed E-state index contributed by atoms with van der Waals surface area (Å²) in [5, 5.41) is 5.28. The highest BCUT2D eigenvalue weighted by Crippen LogP contribution is 2.16. The van der Waals surface area contributed by atoms with Crippen LogP contribution in [0.3, 0.4) is 0 Å². The molecule has 0 bridgehead atoms. The predicted octanol–water partition coefficient (Wildman–Crippen LogP) is -0.488. The van der Waals surface area contributed by atoms with Gasteiger partial charge in [0.1, 0.15) is 11.8 Å². The Bertz CT molecular complexity index is 683. The van der Waals surface area contributed by atoms with Crippen LogP contribution in [0.2, 0.25) is 0 Å². The van der Waals surface area contributed by atoms with Crippen LogP contribution in [-0.2, 0) is 9.59 Å². The average Bonchev–Trinajstić information content (AvgIpc) is 2.56. The van der Waals surface area contributed by atoms with Gasteiger partial charge in [-0.3, -0.25) is 19.7 Å². The molecule has 1 atom stereocenters. The van der Waals surface area contributed by atoms with E-state index in [1.54, 1.807) is 29.2 Å². The Kier molecular flexibility index (Phi) is 3.96. The molecule has 1 aromatic carbocycles. The van der Waals surface area contributed by atoms with Crippen molar-refractivity contribution in [3.8, 4) is 5.75 Å². The molecule has 1 aromatic rings. The van der Waals surface area contributed by atoms with Gasteiger partial charge in [-0.15, -0.1) is 0 Å². The van der Waals surface area contributed by atoms with Crippen molar-refractivity contribution in [3.05, 3.63) is 29.8 Å². The smallest absolute Gasteiger partial charge is 0.280 e. The van der Waals surface area contributed by atoms with Crippen LogP contribution in [0.5, 0.6) is 5.75 Å². The number of amides is 3. The minimum absolute atomic E-state index is 0.0571. The molecule has 2 fully saturated rings. The standard InChI is InChI=1S/C15H16N4O4/c1-23-10-4-2-9(3-5-10)13(21)18-15-17-12(20)8-11-14(22)16-6-7-19(11)15/h2-5,11H,6-8H2,1H3,(H,16,22)(H,17,18,20,21)/t11-/m1/s1. The molecule has 3 amide bonds. The minimum Gasteiger partial charge on any atom is -0.497 e. The van der Waals surface area contributed by atoms with Gasteiger partial charge in [-0.05, 0) is 24.3 Å². The summed E-state index contributed by atoms with van der Waals surface area (Å²) in [5.74, 6) is -0.287. The summed E-state index contributed by atoms with van der Waals surface area (Å²) in [6.07, 6.45) is 0.0571. The highest BCUT2D eigenvalue weighted by Gasteiger charge is 2.38. The van der Waals surface area contributed by atoms with Crippen molar-refractivity contribution in [1.82, 2.24) is 15.5 Å². The number of rotatable bonds is 2. The molecule has 8 heteroatoms. The van der Waals surface area contributed by atoms with Crippen LogP contribution in [0.4, 0.5) is 0 Å². The zero-order chi connectivity index (χ0) is 16.4. The third-order valence-electron chi connectivity index (χ3n) is 3.78. The number of aliphatic imine (C=N–C) groups is 1. The third-order valence-corrected chi connectivity index (χ3v) is 3.78. The second kappa shape index (κ2) is 6.07. The zero-order valence-electron chi connectivity index (χ0n) is 12.5. The van der Waals surface area contributed by atoms with Crippen molar-refractivity contribution in [3.63, 3.8) is 0 Å². The lowest BCUT2D eigenvalue weighted by molar-refractivity contribution is -0.133. The maximum atomic E-state index is 12.3. The van der Waals surface area contributed by atoms with E-state index in [1.165, 1.54) is 7.11 Å². The number of benzene rings is 1. The molecule has 23 heavy (non-hydrogen) atoms. The summed E-state index contributed by atoms with van der Waals surface area (Å²) < 4.78 is 5.04. The molecular formula is C15H16N4O4. The lowest BCUT2D eigenvalue weighted by atomic mass is 10.1. The summed E-state index contributed by atoms with van der Waals surface area (Å²) in [5.41, 5.74) is 0.371. The molecule has 0 aromatic heterocycles. The highest BCUT2D eigenvalue weighted by molar-refractivity contribution is 6.10. The zero-order valence-corrected chi connectivity index (χ0v) is 12.5. The Morgan fingerprint density at radius 1 is 1.30 bits per heavy atom. The van der Waals surface area contributed by atoms with Gasteiger partial charge in [-0.25, -0.2) is 0 Å². The quantitative estimate of drug-likeness (QED) is 0.767. The number of carbonyl (C=O) groups is 3. The van der Waals surface area contributed by atoms with Crippen LogP contribution in [0.25, 0.3) is 0 Å². The molecular weight excluding hydrogens is 300 g/mol. The maximum absolute atomic E-state index is 12.3. The number of guanidine groups is 1. The van der Waals surface area contributed by atoms with Crippen LogP contribution >= 0.6 is 0 Å². The van der Waals surface area contributed by atoms with Gasteiger partial charge in [0.2, 0.25) is 17.8 Å². The average molecular weight is 316 g/mol. The molecule has 8 nitrogen and oxygen atoms in total. The summed E-state index contributed by atoms with van der Waals surface area (Å²) in [4.78, 5) is 41.5. The maximum Gasteiger partial charge on any atom is 0.280 e. The van der Waals surface area contributed by atoms with E-state index in [2.05, 4.69) is 15.6 Å². The fourth-order valence-electron chi connectivity index (χ4n) is 2.58. The van der Waals surface area contributed by atoms with Crippen molar-refractivity contribution in [2.45, 2.75) is 12.5 Å². The molecule has 2 heterocycles. The van der Waals surface area contributed by atoms with E-state index in [4.69, 9.17) is 4.74 Å². The Morgan fingerprint density at radius 3 is 2.74 bits per heavy atom. The summed E-state index contributed by atoms with van der Waals surface area (Å²) in [6, 6.07) is 5.89. The Balaban J connectivity index is 1.85. The number of nitrogens with one attached hydrogen (secondary N) is 2. The van der Waals surface area contributed by atoms with Crippen LogP contribution in [0, 0.1) is 0 Å². The third kappa shape index (κ3) is 3.01. The van der Waals surface area contributed by atoms with Crippen LogP contribution < -0.4 is 15.4 Å². The van der Waals surface area contributed by atoms with Gasteiger partial charge >= 0.3 is 0 Å². The molecule has 120 valence electrons. The second-order valence-electron chi connectivity index (χ2n) is 5.22. The van der Waals surface area contributed by atoms with E-state index < -0.39 is 11.9 Å². The first-order valence-electron chi connectivity index (χ1n) is 7.20. The predicted molar refractivity (Wildman–Crippen MR) is 81.0 cm³/mol. The number of carbonyl (C=O) groups excluding carboxylic acids is 3. The normalized spacial score (nSPS) is 22.2. The van der Waals surface area contributed by atoms with Crippen molar-refractivity contribution in [2.75, 3.05) is 20.2 Å². The molecule has 0 radical (unpaired) electrons. The molecule has 2 N–H and O–H groups in total. The summed E-state index contributed by atoms with van der Waals surface area (Å²) in [6.45, 7) is 0.937. The lowest BCUT2D eigenvalue weighted by Crippen LogP contribution is -2.65. The van der Waals surface area contributed by atoms with Gasteiger partial charge in [0.15, 0.2) is 0 Å². The molecule has 0 unspecified atom stereocenters. The molecule has 0 saturated carbocycles. The van der Waals surface area contributed by atoms with E-state index in [0.717, 1.165) is 0 Å². The minimum atomic E-state index is -0.611. The van der Waals surface area contributed by atoms with Crippen LogP contribution in [0.1, 0.15) is 16.8 Å². The van der Waals surface area contributed by atoms with Crippen molar-refractivity contribution >= 4 is 23.7 Å². The number of nitrogens with zero attached hydrogens (tertiary/aromatic N) is 2. The van der Waals surface area contributed by atoms with E-state index >= 15 is 0 Å². The van der Waals surface area contributed by atoms with Crippen molar-refractivity contribution in [1.29, 1.82) is 0 Å². The van der Waals surface area contributed by atoms with Crippen LogP contribution in [-0.4, -0.2) is 54.8 Å². The fraction of sp³-hybridized carbons (Fsp3) is 0.333. The van der Waals surface area contributed by atoms with E-state index in [1.807, 2.05) is 0 Å². The van der Waals surface area contributed by atoms with Gasteiger partial charge < -0.3 is 15.0 Å². The Hall–Kier alpha value is -2.90. The SMILES string of the molecule is COc1ccc(C(=O)N=C2NC(=O)C[C@@H]3C(=O)NCCN23)cc1. The van der Waals surface area contributed by atoms with Crippen molar-refractivity contribution in [2.24, 2.45) is 4.99 Å². The van der Waals surface area contributed by atoms with Gasteiger partial charge in [0.25, 0.3) is 5.91 Å². The number of hydrogen-bond donors (Lipinski definition) is 2. The number of piperazine rings is 1. The van der Waals surface area contributed by atoms with E-state index in [9.17, 15) is 14.4 Å². The van der Waals surface area contributed by atoms with Gasteiger partial charge in [0.05, 0.1) is 13.5 Å². The number of ether oxygens (including phenoxy) is 1. The summed E-state index contributed by atoms with van der Waals surface area (Å²) in [7, 11) is 1.54. The largest absolute Gasteiger partial charge is 0.497 e. The monoisotopic (exact) mass is 316 g/mol. The van der Waals surface area contributed by atoms with Gasteiger partial charge in [-0.2, -0.15) is 4.99 Å². The first-order chi connectivity index (χ1) is 11.1. The summed E-state index contributed by atoms with van der Waals surface area (Å²) >= 11 is 0. The van der Waals surface area contributed by atoms with Crippen LogP contribution in [0.15, 0.2) is 29.3 Å².